The summed E-state index contributed by atoms with van der Waals surface area (Å²) >= 11 is 6.87. The molecule has 2 aromatic heterocycles. The van der Waals surface area contributed by atoms with Crippen molar-refractivity contribution in [3.8, 4) is 6.07 Å². The first-order valence-electron chi connectivity index (χ1n) is 16.0. The molecule has 2 atom stereocenters. The van der Waals surface area contributed by atoms with Crippen molar-refractivity contribution >= 4 is 33.9 Å². The van der Waals surface area contributed by atoms with Crippen LogP contribution in [0.3, 0.4) is 0 Å². The smallest absolute Gasteiger partial charge is 0.123 e. The highest BCUT2D eigenvalue weighted by Gasteiger charge is 2.27. The van der Waals surface area contributed by atoms with Gasteiger partial charge in [-0.2, -0.15) is 5.26 Å². The van der Waals surface area contributed by atoms with E-state index in [-0.39, 0.29) is 12.1 Å². The number of aromatic nitrogens is 4. The van der Waals surface area contributed by atoms with Crippen LogP contribution in [-0.2, 0) is 4.74 Å². The first-order valence-corrected chi connectivity index (χ1v) is 15.9. The first-order chi connectivity index (χ1) is 22.9. The fraction of sp³-hybridized carbons (Fsp3) is 0.314. The average molecular weight is 638 g/mol. The number of anilines is 2. The number of hydrogen-bond acceptors (Lipinski definition) is 8. The number of halogens is 2. The highest BCUT2D eigenvalue weighted by atomic mass is 35.5. The van der Waals surface area contributed by atoms with Crippen molar-refractivity contribution in [2.45, 2.75) is 37.4 Å². The van der Waals surface area contributed by atoms with Crippen LogP contribution in [0.2, 0.25) is 5.02 Å². The highest BCUT2D eigenvalue weighted by molar-refractivity contribution is 6.35. The molecule has 11 heteroatoms. The SMILES string of the molecule is [2H][C@@](Nc1cc(Cl)c2ncc(C#N)c(N[C@H](CCN3CCOCC3)c3ccccc3)c2c1)(c1ccc(F)cc1)c1cn(C2CC2)nn1. The van der Waals surface area contributed by atoms with Crippen molar-refractivity contribution in [2.24, 2.45) is 0 Å². The molecule has 3 heterocycles. The fourth-order valence-corrected chi connectivity index (χ4v) is 6.11. The van der Waals surface area contributed by atoms with Gasteiger partial charge in [-0.05, 0) is 54.7 Å². The molecular weight excluding hydrogens is 603 g/mol. The van der Waals surface area contributed by atoms with Gasteiger partial charge in [0.05, 0.1) is 60.7 Å². The van der Waals surface area contributed by atoms with Crippen molar-refractivity contribution in [1.29, 1.82) is 5.26 Å². The summed E-state index contributed by atoms with van der Waals surface area (Å²) in [5.74, 6) is -0.404. The molecule has 46 heavy (non-hydrogen) atoms. The number of nitriles is 1. The Bertz CT molecular complexity index is 1910. The first kappa shape index (κ1) is 28.9. The van der Waals surface area contributed by atoms with Crippen LogP contribution in [0.1, 0.15) is 61.1 Å². The molecule has 0 bridgehead atoms. The lowest BCUT2D eigenvalue weighted by Crippen LogP contribution is -2.37. The van der Waals surface area contributed by atoms with Gasteiger partial charge in [0, 0.05) is 36.9 Å². The molecule has 0 amide bonds. The Hall–Kier alpha value is -4.56. The average Bonchev–Trinajstić information content (AvgIpc) is 3.83. The van der Waals surface area contributed by atoms with Crippen LogP contribution < -0.4 is 10.6 Å². The number of ether oxygens (including phenoxy) is 1. The Morgan fingerprint density at radius 3 is 2.59 bits per heavy atom. The summed E-state index contributed by atoms with van der Waals surface area (Å²) in [6.45, 7) is 4.06. The van der Waals surface area contributed by atoms with E-state index in [9.17, 15) is 11.0 Å². The Kier molecular flexibility index (Phi) is 8.43. The van der Waals surface area contributed by atoms with Gasteiger partial charge in [0.2, 0.25) is 0 Å². The molecule has 1 aliphatic heterocycles. The third-order valence-corrected chi connectivity index (χ3v) is 8.78. The van der Waals surface area contributed by atoms with Crippen molar-refractivity contribution < 1.29 is 10.5 Å². The molecule has 1 saturated carbocycles. The Morgan fingerprint density at radius 2 is 1.85 bits per heavy atom. The third kappa shape index (κ3) is 6.67. The minimum atomic E-state index is -1.63. The van der Waals surface area contributed by atoms with Crippen molar-refractivity contribution in [2.75, 3.05) is 43.5 Å². The summed E-state index contributed by atoms with van der Waals surface area (Å²) < 4.78 is 31.0. The summed E-state index contributed by atoms with van der Waals surface area (Å²) in [7, 11) is 0. The van der Waals surface area contributed by atoms with E-state index in [4.69, 9.17) is 16.3 Å². The maximum Gasteiger partial charge on any atom is 0.123 e. The summed E-state index contributed by atoms with van der Waals surface area (Å²) in [5.41, 5.74) is 3.95. The number of nitrogens with one attached hydrogen (secondary N) is 2. The molecule has 2 aliphatic rings. The van der Waals surface area contributed by atoms with Gasteiger partial charge < -0.3 is 15.4 Å². The Labute approximate surface area is 273 Å². The number of morpholine rings is 1. The number of pyridine rings is 1. The van der Waals surface area contributed by atoms with E-state index in [1.165, 1.54) is 18.3 Å². The van der Waals surface area contributed by atoms with Gasteiger partial charge in [-0.1, -0.05) is 59.3 Å². The maximum absolute atomic E-state index is 14.0. The predicted molar refractivity (Wildman–Crippen MR) is 176 cm³/mol. The quantitative estimate of drug-likeness (QED) is 0.161. The number of fused-ring (bicyclic) bond motifs is 1. The van der Waals surface area contributed by atoms with E-state index in [1.807, 2.05) is 24.3 Å². The van der Waals surface area contributed by atoms with Gasteiger partial charge in [0.1, 0.15) is 17.6 Å². The van der Waals surface area contributed by atoms with Crippen LogP contribution in [0, 0.1) is 17.1 Å². The van der Waals surface area contributed by atoms with Crippen LogP contribution in [0.5, 0.6) is 0 Å². The second kappa shape index (κ2) is 13.4. The molecule has 5 aromatic rings. The highest BCUT2D eigenvalue weighted by Crippen LogP contribution is 2.38. The monoisotopic (exact) mass is 637 g/mol. The van der Waals surface area contributed by atoms with Gasteiger partial charge >= 0.3 is 0 Å². The van der Waals surface area contributed by atoms with Crippen molar-refractivity contribution in [1.82, 2.24) is 24.9 Å². The molecule has 234 valence electrons. The zero-order valence-corrected chi connectivity index (χ0v) is 25.9. The zero-order chi connectivity index (χ0) is 32.4. The molecular formula is C35H34ClFN8O. The van der Waals surface area contributed by atoms with Gasteiger partial charge in [0.15, 0.2) is 0 Å². The molecule has 7 rings (SSSR count). The number of rotatable bonds is 11. The lowest BCUT2D eigenvalue weighted by molar-refractivity contribution is 0.0368. The van der Waals surface area contributed by atoms with E-state index < -0.39 is 11.8 Å². The van der Waals surface area contributed by atoms with E-state index in [0.29, 0.717) is 44.1 Å². The molecule has 2 N–H and O–H groups in total. The summed E-state index contributed by atoms with van der Waals surface area (Å²) in [4.78, 5) is 6.93. The van der Waals surface area contributed by atoms with Crippen LogP contribution in [0.15, 0.2) is 79.1 Å². The van der Waals surface area contributed by atoms with E-state index in [2.05, 4.69) is 49.0 Å². The second-order valence-electron chi connectivity index (χ2n) is 11.7. The van der Waals surface area contributed by atoms with E-state index in [1.54, 1.807) is 29.1 Å². The van der Waals surface area contributed by atoms with Crippen molar-refractivity contribution in [3.63, 3.8) is 0 Å². The molecule has 0 spiro atoms. The lowest BCUT2D eigenvalue weighted by Gasteiger charge is -2.29. The minimum absolute atomic E-state index is 0.112. The molecule has 9 nitrogen and oxygen atoms in total. The molecule has 2 fully saturated rings. The predicted octanol–water partition coefficient (Wildman–Crippen LogP) is 6.90. The van der Waals surface area contributed by atoms with Crippen LogP contribution >= 0.6 is 11.6 Å². The molecule has 0 radical (unpaired) electrons. The molecule has 1 aliphatic carbocycles. The lowest BCUT2D eigenvalue weighted by atomic mass is 10.0. The van der Waals surface area contributed by atoms with Crippen LogP contribution in [-0.4, -0.2) is 57.7 Å². The van der Waals surface area contributed by atoms with E-state index in [0.717, 1.165) is 57.7 Å². The number of benzene rings is 3. The number of hydrogen-bond donors (Lipinski definition) is 2. The Morgan fingerprint density at radius 1 is 1.07 bits per heavy atom. The van der Waals surface area contributed by atoms with Crippen LogP contribution in [0.25, 0.3) is 10.9 Å². The van der Waals surface area contributed by atoms with Gasteiger partial charge in [0.25, 0.3) is 0 Å². The fourth-order valence-electron chi connectivity index (χ4n) is 5.84. The Balaban J connectivity index is 1.28. The van der Waals surface area contributed by atoms with Gasteiger partial charge in [-0.3, -0.25) is 9.88 Å². The summed E-state index contributed by atoms with van der Waals surface area (Å²) in [6.07, 6.45) is 6.13. The largest absolute Gasteiger partial charge is 0.379 e. The van der Waals surface area contributed by atoms with Gasteiger partial charge in [-0.25, -0.2) is 9.07 Å². The molecule has 3 aromatic carbocycles. The second-order valence-corrected chi connectivity index (χ2v) is 12.1. The van der Waals surface area contributed by atoms with Crippen molar-refractivity contribution in [3.05, 3.63) is 112 Å². The molecule has 0 unspecified atom stereocenters. The third-order valence-electron chi connectivity index (χ3n) is 8.49. The minimum Gasteiger partial charge on any atom is -0.379 e. The van der Waals surface area contributed by atoms with Crippen LogP contribution in [0.4, 0.5) is 15.8 Å². The summed E-state index contributed by atoms with van der Waals surface area (Å²) in [5, 5.41) is 26.9. The van der Waals surface area contributed by atoms with E-state index >= 15 is 0 Å². The summed E-state index contributed by atoms with van der Waals surface area (Å²) in [6, 6.07) is 20.3. The molecule has 1 saturated heterocycles. The topological polar surface area (TPSA) is 104 Å². The number of nitrogens with zero attached hydrogens (tertiary/aromatic N) is 6. The normalized spacial score (nSPS) is 17.5. The standard InChI is InChI=1S/C35H34ClFN8O/c36-30-19-27(40-34(24-6-8-26(37)9-7-24)32-22-45(43-42-32)28-10-11-28)18-29-33(25(20-38)21-39-35(29)30)41-31(23-4-2-1-3-5-23)12-13-44-14-16-46-17-15-44/h1-9,18-19,21-22,28,31,34,40H,10-17H2,(H,39,41)/t31-,34-/m1/s1/i34D. The maximum atomic E-state index is 14.0. The van der Waals surface area contributed by atoms with Gasteiger partial charge in [-0.15, -0.1) is 5.10 Å². The zero-order valence-electron chi connectivity index (χ0n) is 26.2.